The summed E-state index contributed by atoms with van der Waals surface area (Å²) in [5.41, 5.74) is 7.56. The highest BCUT2D eigenvalue weighted by atomic mass is 19.1. The molecule has 0 spiro atoms. The smallest absolute Gasteiger partial charge is 0.123 e. The first-order valence-electron chi connectivity index (χ1n) is 7.92. The molecule has 1 fully saturated rings. The quantitative estimate of drug-likeness (QED) is 0.890. The van der Waals surface area contributed by atoms with Crippen molar-refractivity contribution < 1.29 is 4.39 Å². The summed E-state index contributed by atoms with van der Waals surface area (Å²) in [7, 11) is 0. The highest BCUT2D eigenvalue weighted by molar-refractivity contribution is 5.24. The molecule has 0 saturated carbocycles. The van der Waals surface area contributed by atoms with E-state index in [-0.39, 0.29) is 5.82 Å². The van der Waals surface area contributed by atoms with Crippen molar-refractivity contribution in [3.63, 3.8) is 0 Å². The number of nitrogens with two attached hydrogens (primary N) is 1. The predicted octanol–water partition coefficient (Wildman–Crippen LogP) is 3.69. The van der Waals surface area contributed by atoms with Crippen molar-refractivity contribution in [1.29, 1.82) is 0 Å². The van der Waals surface area contributed by atoms with Gasteiger partial charge in [0, 0.05) is 13.1 Å². The number of benzene rings is 1. The van der Waals surface area contributed by atoms with Crippen molar-refractivity contribution in [1.82, 2.24) is 4.90 Å². The fraction of sp³-hybridized carbons (Fsp3) is 0.647. The third kappa shape index (κ3) is 4.57. The molecule has 3 heteroatoms. The molecule has 2 N–H and O–H groups in total. The van der Waals surface area contributed by atoms with Crippen molar-refractivity contribution in [2.75, 3.05) is 13.1 Å². The Labute approximate surface area is 122 Å². The molecule has 20 heavy (non-hydrogen) atoms. The minimum absolute atomic E-state index is 0.165. The summed E-state index contributed by atoms with van der Waals surface area (Å²) >= 11 is 0. The second-order valence-corrected chi connectivity index (χ2v) is 6.03. The van der Waals surface area contributed by atoms with Gasteiger partial charge in [-0.3, -0.25) is 4.90 Å². The van der Waals surface area contributed by atoms with E-state index in [4.69, 9.17) is 5.73 Å². The van der Waals surface area contributed by atoms with Crippen LogP contribution < -0.4 is 5.73 Å². The summed E-state index contributed by atoms with van der Waals surface area (Å²) in [6.07, 6.45) is 6.54. The first-order valence-corrected chi connectivity index (χ1v) is 7.92. The van der Waals surface area contributed by atoms with E-state index in [0.29, 0.717) is 6.54 Å². The minimum atomic E-state index is -0.165. The molecule has 2 rings (SSSR count). The van der Waals surface area contributed by atoms with Gasteiger partial charge in [0.05, 0.1) is 0 Å². The second kappa shape index (κ2) is 7.75. The SMILES string of the molecule is CCCC1CCCN(Cc2cc(F)cc(CN)c2)CC1. The van der Waals surface area contributed by atoms with Gasteiger partial charge in [0.25, 0.3) is 0 Å². The Kier molecular flexibility index (Phi) is 5.99. The molecule has 0 aromatic heterocycles. The second-order valence-electron chi connectivity index (χ2n) is 6.03. The number of hydrogen-bond acceptors (Lipinski definition) is 2. The molecule has 1 unspecified atom stereocenters. The lowest BCUT2D eigenvalue weighted by atomic mass is 9.96. The van der Waals surface area contributed by atoms with Crippen molar-refractivity contribution in [3.8, 4) is 0 Å². The van der Waals surface area contributed by atoms with Gasteiger partial charge in [0.15, 0.2) is 0 Å². The molecule has 1 saturated heterocycles. The first-order chi connectivity index (χ1) is 9.71. The summed E-state index contributed by atoms with van der Waals surface area (Å²) in [6, 6.07) is 5.22. The number of likely N-dealkylation sites (tertiary alicyclic amines) is 1. The largest absolute Gasteiger partial charge is 0.326 e. The van der Waals surface area contributed by atoms with Crippen LogP contribution in [0.2, 0.25) is 0 Å². The highest BCUT2D eigenvalue weighted by Gasteiger charge is 2.16. The molecule has 1 aliphatic heterocycles. The summed E-state index contributed by atoms with van der Waals surface area (Å²) in [4.78, 5) is 2.46. The molecule has 1 aromatic carbocycles. The molecular weight excluding hydrogens is 251 g/mol. The Bertz CT molecular complexity index is 419. The third-order valence-corrected chi connectivity index (χ3v) is 4.30. The summed E-state index contributed by atoms with van der Waals surface area (Å²) in [5.74, 6) is 0.721. The zero-order valence-electron chi connectivity index (χ0n) is 12.6. The lowest BCUT2D eigenvalue weighted by Gasteiger charge is -2.20. The van der Waals surface area contributed by atoms with Crippen molar-refractivity contribution >= 4 is 0 Å². The van der Waals surface area contributed by atoms with Crippen molar-refractivity contribution in [3.05, 3.63) is 35.1 Å². The molecule has 1 aromatic rings. The van der Waals surface area contributed by atoms with E-state index in [9.17, 15) is 4.39 Å². The summed E-state index contributed by atoms with van der Waals surface area (Å²) < 4.78 is 13.5. The van der Waals surface area contributed by atoms with Gasteiger partial charge >= 0.3 is 0 Å². The van der Waals surface area contributed by atoms with E-state index in [1.807, 2.05) is 6.07 Å². The van der Waals surface area contributed by atoms with Gasteiger partial charge in [-0.15, -0.1) is 0 Å². The topological polar surface area (TPSA) is 29.3 Å². The zero-order valence-corrected chi connectivity index (χ0v) is 12.6. The Morgan fingerprint density at radius 1 is 1.20 bits per heavy atom. The van der Waals surface area contributed by atoms with Crippen LogP contribution >= 0.6 is 0 Å². The van der Waals surface area contributed by atoms with E-state index in [2.05, 4.69) is 11.8 Å². The van der Waals surface area contributed by atoms with Gasteiger partial charge in [-0.25, -0.2) is 4.39 Å². The first kappa shape index (κ1) is 15.5. The molecule has 0 amide bonds. The van der Waals surface area contributed by atoms with E-state index in [0.717, 1.165) is 36.7 Å². The fourth-order valence-corrected chi connectivity index (χ4v) is 3.26. The molecule has 1 aliphatic rings. The predicted molar refractivity (Wildman–Crippen MR) is 81.8 cm³/mol. The van der Waals surface area contributed by atoms with Crippen LogP contribution in [0, 0.1) is 11.7 Å². The van der Waals surface area contributed by atoms with Gasteiger partial charge in [0.1, 0.15) is 5.82 Å². The lowest BCUT2D eigenvalue weighted by Crippen LogP contribution is -2.24. The monoisotopic (exact) mass is 278 g/mol. The van der Waals surface area contributed by atoms with Crippen molar-refractivity contribution in [2.24, 2.45) is 11.7 Å². The Morgan fingerprint density at radius 3 is 2.75 bits per heavy atom. The molecular formula is C17H27FN2. The molecule has 1 heterocycles. The molecule has 0 bridgehead atoms. The van der Waals surface area contributed by atoms with Gasteiger partial charge in [-0.2, -0.15) is 0 Å². The van der Waals surface area contributed by atoms with Crippen LogP contribution in [0.4, 0.5) is 4.39 Å². The Balaban J connectivity index is 1.94. The van der Waals surface area contributed by atoms with Gasteiger partial charge < -0.3 is 5.73 Å². The van der Waals surface area contributed by atoms with Crippen LogP contribution in [0.3, 0.4) is 0 Å². The number of halogens is 1. The summed E-state index contributed by atoms with van der Waals surface area (Å²) in [5, 5.41) is 0. The Morgan fingerprint density at radius 2 is 2.00 bits per heavy atom. The normalized spacial score (nSPS) is 20.9. The van der Waals surface area contributed by atoms with Gasteiger partial charge in [0.2, 0.25) is 0 Å². The number of hydrogen-bond donors (Lipinski definition) is 1. The maximum Gasteiger partial charge on any atom is 0.123 e. The maximum absolute atomic E-state index is 13.5. The standard InChI is InChI=1S/C17H27FN2/c1-2-4-14-5-3-7-20(8-6-14)13-16-9-15(12-19)10-17(18)11-16/h9-11,14H,2-8,12-13,19H2,1H3. The molecule has 1 atom stereocenters. The van der Waals surface area contributed by atoms with Crippen LogP contribution in [0.1, 0.15) is 50.2 Å². The maximum atomic E-state index is 13.5. The van der Waals surface area contributed by atoms with Gasteiger partial charge in [-0.05, 0) is 61.5 Å². The third-order valence-electron chi connectivity index (χ3n) is 4.30. The van der Waals surface area contributed by atoms with Crippen LogP contribution in [0.25, 0.3) is 0 Å². The van der Waals surface area contributed by atoms with E-state index in [1.54, 1.807) is 6.07 Å². The average molecular weight is 278 g/mol. The zero-order chi connectivity index (χ0) is 14.4. The Hall–Kier alpha value is -0.930. The average Bonchev–Trinajstić information content (AvgIpc) is 2.64. The van der Waals surface area contributed by atoms with Gasteiger partial charge in [-0.1, -0.05) is 25.8 Å². The summed E-state index contributed by atoms with van der Waals surface area (Å²) in [6.45, 7) is 5.80. The number of nitrogens with zero attached hydrogens (tertiary/aromatic N) is 1. The molecule has 0 aliphatic carbocycles. The van der Waals surface area contributed by atoms with E-state index in [1.165, 1.54) is 38.2 Å². The highest BCUT2D eigenvalue weighted by Crippen LogP contribution is 2.23. The number of rotatable bonds is 5. The molecule has 2 nitrogen and oxygen atoms in total. The van der Waals surface area contributed by atoms with Crippen LogP contribution in [0.15, 0.2) is 18.2 Å². The molecule has 0 radical (unpaired) electrons. The van der Waals surface area contributed by atoms with E-state index < -0.39 is 0 Å². The van der Waals surface area contributed by atoms with Crippen LogP contribution in [-0.4, -0.2) is 18.0 Å². The lowest BCUT2D eigenvalue weighted by molar-refractivity contribution is 0.271. The van der Waals surface area contributed by atoms with E-state index >= 15 is 0 Å². The molecule has 112 valence electrons. The van der Waals surface area contributed by atoms with Crippen LogP contribution in [0.5, 0.6) is 0 Å². The van der Waals surface area contributed by atoms with Crippen LogP contribution in [-0.2, 0) is 13.1 Å². The van der Waals surface area contributed by atoms with Crippen molar-refractivity contribution in [2.45, 2.75) is 52.1 Å². The fourth-order valence-electron chi connectivity index (χ4n) is 3.26. The minimum Gasteiger partial charge on any atom is -0.326 e.